The third-order valence-electron chi connectivity index (χ3n) is 18.6. The molecule has 4 aliphatic rings. The largest absolute Gasteiger partial charge is 0.497 e. The fraction of sp³-hybridized carbons (Fsp3) is 0.396. The summed E-state index contributed by atoms with van der Waals surface area (Å²) in [5.74, 6) is -0.672. The number of amides is 4. The highest BCUT2D eigenvalue weighted by Crippen LogP contribution is 2.26. The summed E-state index contributed by atoms with van der Waals surface area (Å²) in [4.78, 5) is 128. The number of Topliss-reactive ketones (excluding diaryl/α,β-unsaturated/α-hetero) is 3. The van der Waals surface area contributed by atoms with Gasteiger partial charge in [0.25, 0.3) is 0 Å². The molecule has 3 aliphatic carbocycles. The molecule has 7 aromatic rings. The van der Waals surface area contributed by atoms with Gasteiger partial charge in [-0.3, -0.25) is 52.7 Å². The molecule has 594 valence electrons. The van der Waals surface area contributed by atoms with Gasteiger partial charge in [-0.2, -0.15) is 0 Å². The van der Waals surface area contributed by atoms with Crippen LogP contribution in [-0.4, -0.2) is 139 Å². The molecule has 0 aromatic heterocycles. The van der Waals surface area contributed by atoms with E-state index in [9.17, 15) is 52.7 Å². The zero-order valence-electron chi connectivity index (χ0n) is 67.0. The Morgan fingerprint density at radius 1 is 0.432 bits per heavy atom. The number of benzene rings is 7. The van der Waals surface area contributed by atoms with Gasteiger partial charge in [0.15, 0.2) is 17.3 Å². The van der Waals surface area contributed by atoms with Crippen LogP contribution in [0.25, 0.3) is 6.08 Å². The van der Waals surface area contributed by atoms with E-state index in [1.165, 1.54) is 112 Å². The normalized spacial score (nSPS) is 13.0. The Hall–Kier alpha value is -10.8. The van der Waals surface area contributed by atoms with Gasteiger partial charge in [-0.05, 0) is 170 Å². The molecule has 20 heteroatoms. The number of ketones is 3. The first-order valence-electron chi connectivity index (χ1n) is 38.2. The van der Waals surface area contributed by atoms with Gasteiger partial charge in [0.1, 0.15) is 12.0 Å². The highest BCUT2D eigenvalue weighted by atomic mass is 16.6. The van der Waals surface area contributed by atoms with Gasteiger partial charge in [-0.15, -0.1) is 0 Å². The number of cyclic esters (lactones) is 2. The quantitative estimate of drug-likeness (QED) is 0.0160. The zero-order valence-corrected chi connectivity index (χ0v) is 67.0. The number of aliphatic carboxylic acids is 1. The van der Waals surface area contributed by atoms with Gasteiger partial charge < -0.3 is 44.8 Å². The lowest BCUT2D eigenvalue weighted by molar-refractivity contribution is -0.163. The minimum Gasteiger partial charge on any atom is -0.497 e. The number of aryl methyl sites for hydroxylation is 4. The molecular formula is C91H116N6O14. The number of rotatable bonds is 20. The summed E-state index contributed by atoms with van der Waals surface area (Å²) in [7, 11) is 12.7. The number of allylic oxidation sites excluding steroid dienone is 1. The smallest absolute Gasteiger partial charge is 0.313 e. The number of methoxy groups -OCH3 is 1. The van der Waals surface area contributed by atoms with Crippen molar-refractivity contribution in [3.8, 4) is 5.75 Å². The Labute approximate surface area is 657 Å². The Bertz CT molecular complexity index is 4110. The molecule has 0 spiro atoms. The molecule has 3 N–H and O–H groups in total. The predicted molar refractivity (Wildman–Crippen MR) is 437 cm³/mol. The summed E-state index contributed by atoms with van der Waals surface area (Å²) in [6.45, 7) is 10.5. The van der Waals surface area contributed by atoms with Crippen molar-refractivity contribution in [2.24, 2.45) is 0 Å². The number of hydrogen-bond acceptors (Lipinski definition) is 15. The van der Waals surface area contributed by atoms with Gasteiger partial charge in [0.2, 0.25) is 23.6 Å². The van der Waals surface area contributed by atoms with Crippen molar-refractivity contribution in [2.45, 2.75) is 189 Å². The maximum Gasteiger partial charge on any atom is 0.313 e. The highest BCUT2D eigenvalue weighted by Gasteiger charge is 2.22. The Balaban J connectivity index is 0.000000272. The van der Waals surface area contributed by atoms with E-state index in [-0.39, 0.29) is 65.8 Å². The molecule has 111 heavy (non-hydrogen) atoms. The van der Waals surface area contributed by atoms with Crippen LogP contribution in [0.15, 0.2) is 170 Å². The molecule has 4 amide bonds. The Morgan fingerprint density at radius 2 is 0.838 bits per heavy atom. The third kappa shape index (κ3) is 37.4. The third-order valence-corrected chi connectivity index (χ3v) is 18.6. The average Bonchev–Trinajstić information content (AvgIpc) is 1.79. The molecule has 20 nitrogen and oxygen atoms in total. The molecule has 1 saturated heterocycles. The van der Waals surface area contributed by atoms with E-state index in [2.05, 4.69) is 63.9 Å². The lowest BCUT2D eigenvalue weighted by Crippen LogP contribution is -2.23. The maximum atomic E-state index is 12.0. The molecule has 0 bridgehead atoms. The first kappa shape index (κ1) is 92.6. The summed E-state index contributed by atoms with van der Waals surface area (Å²) >= 11 is 0. The molecule has 11 rings (SSSR count). The number of nitrogens with zero attached hydrogens (tertiary/aromatic N) is 4. The van der Waals surface area contributed by atoms with Crippen LogP contribution in [0.4, 0.5) is 0 Å². The van der Waals surface area contributed by atoms with Gasteiger partial charge in [0.05, 0.1) is 7.11 Å². The second-order valence-electron chi connectivity index (χ2n) is 27.8. The van der Waals surface area contributed by atoms with E-state index in [1.54, 1.807) is 103 Å². The van der Waals surface area contributed by atoms with Crippen molar-refractivity contribution >= 4 is 71.2 Å². The summed E-state index contributed by atoms with van der Waals surface area (Å²) in [5.41, 5.74) is 15.8. The summed E-state index contributed by atoms with van der Waals surface area (Å²) < 4.78 is 9.19. The number of fused-ring (bicyclic) bond motifs is 3. The molecule has 0 saturated carbocycles. The van der Waals surface area contributed by atoms with Gasteiger partial charge in [-0.25, -0.2) is 0 Å². The van der Waals surface area contributed by atoms with Gasteiger partial charge in [0, 0.05) is 150 Å². The molecule has 7 aromatic carbocycles. The summed E-state index contributed by atoms with van der Waals surface area (Å²) in [5, 5.41) is 14.8. The van der Waals surface area contributed by atoms with Crippen molar-refractivity contribution in [3.63, 3.8) is 0 Å². The van der Waals surface area contributed by atoms with Gasteiger partial charge >= 0.3 is 17.9 Å². The standard InChI is InChI=1S/C15H19NO4.C15H17NO3.C15H21NO.C13H19N.C10H13NO.C10H10O2.C8H11N.C5H6O3/c1-11(17)16(2)10-12-6-8-13(9-7-12)14(18)4-3-5-15(19)20;1-10(17)16(2)9-11-6-7-12-13(8-11)15(19)5-3-4-14(12)18;1-12(17)16(2)11-13-8-9-14-6-4-3-5-7-15(14)10-13;1-14-10-11-7-8-12-5-3-2-4-6-13(12)9-11;1-9(12)11(2)8-10-6-4-3-5-7-10;1-12-10-6-4-9(5-7-10)3-2-8-11;1-9-7-8-5-3-2-4-6-8;6-4-2-1-3-5(7)8-4/h6-9H,3-5,10H2,1-2H3,(H,19,20);6-8H,3-5,9H2,1-2H3;8-10H,3-7,11H2,1-2H3;7-9,14H,2-6,10H2,1H3;3-7H,8H2,1-2H3;2-8H,1H3;2-6,9H,7H2,1H3;1-3H2/b;;;;;3-2+;;. The van der Waals surface area contributed by atoms with E-state index in [0.29, 0.717) is 81.3 Å². The van der Waals surface area contributed by atoms with Crippen LogP contribution in [-0.2, 0) is 108 Å². The topological polar surface area (TPSA) is 263 Å². The fourth-order valence-electron chi connectivity index (χ4n) is 11.9. The molecule has 0 atom stereocenters. The first-order chi connectivity index (χ1) is 53.2. The predicted octanol–water partition coefficient (Wildman–Crippen LogP) is 15.1. The Kier molecular flexibility index (Phi) is 43.6. The monoisotopic (exact) mass is 1520 g/mol. The first-order valence-corrected chi connectivity index (χ1v) is 38.2. The van der Waals surface area contributed by atoms with Crippen molar-refractivity contribution < 1.29 is 67.3 Å². The second-order valence-corrected chi connectivity index (χ2v) is 27.8. The highest BCUT2D eigenvalue weighted by molar-refractivity contribution is 6.10. The number of nitrogens with one attached hydrogen (secondary N) is 2. The number of carbonyl (C=O) groups is 11. The van der Waals surface area contributed by atoms with Crippen molar-refractivity contribution in [1.29, 1.82) is 0 Å². The van der Waals surface area contributed by atoms with Crippen LogP contribution < -0.4 is 15.4 Å². The number of carboxylic acid groups (broad SMARTS) is 1. The van der Waals surface area contributed by atoms with Crippen LogP contribution in [0, 0.1) is 0 Å². The molecule has 0 radical (unpaired) electrons. The summed E-state index contributed by atoms with van der Waals surface area (Å²) in [6.07, 6.45) is 20.6. The molecular weight excluding hydrogens is 1400 g/mol. The minimum atomic E-state index is -0.889. The maximum absolute atomic E-state index is 12.0. The van der Waals surface area contributed by atoms with Crippen molar-refractivity contribution in [3.05, 3.63) is 248 Å². The van der Waals surface area contributed by atoms with E-state index < -0.39 is 5.97 Å². The van der Waals surface area contributed by atoms with Crippen molar-refractivity contribution in [2.75, 3.05) is 49.4 Å². The molecule has 1 aliphatic heterocycles. The number of aldehydes is 1. The van der Waals surface area contributed by atoms with E-state index >= 15 is 0 Å². The summed E-state index contributed by atoms with van der Waals surface area (Å²) in [6, 6.07) is 53.8. The number of ether oxygens (including phenoxy) is 2. The second kappa shape index (κ2) is 52.3. The number of carbonyl (C=O) groups excluding carboxylic acids is 10. The van der Waals surface area contributed by atoms with Crippen LogP contribution in [0.1, 0.15) is 216 Å². The SMILES string of the molecule is CC(=O)N(C)Cc1ccc(C(=O)CCCC(=O)O)cc1.CC(=O)N(C)Cc1ccc2c(c1)C(=O)CCCC2=O.CC(=O)N(C)Cc1ccc2c(c1)CCCCC2.CC(=O)N(C)Cc1ccccc1.CNCc1ccc2c(c1)CCCCC2.CNCc1ccccc1.COc1ccc(/C=C/C=O)cc1.O=C1CCCC(=O)O1. The van der Waals surface area contributed by atoms with E-state index in [4.69, 9.17) is 9.84 Å². The zero-order chi connectivity index (χ0) is 81.5. The van der Waals surface area contributed by atoms with E-state index in [1.807, 2.05) is 112 Å². The molecule has 1 fully saturated rings. The number of carboxylic acids is 1. The fourth-order valence-corrected chi connectivity index (χ4v) is 11.9. The Morgan fingerprint density at radius 3 is 1.29 bits per heavy atom. The average molecular weight is 1520 g/mol. The lowest BCUT2D eigenvalue weighted by Gasteiger charge is -2.16. The number of hydrogen-bond donors (Lipinski definition) is 3. The number of esters is 2. The van der Waals surface area contributed by atoms with Crippen LogP contribution in [0.5, 0.6) is 5.75 Å². The van der Waals surface area contributed by atoms with E-state index in [0.717, 1.165) is 53.9 Å². The van der Waals surface area contributed by atoms with Crippen LogP contribution in [0.2, 0.25) is 0 Å². The van der Waals surface area contributed by atoms with Crippen molar-refractivity contribution in [1.82, 2.24) is 30.2 Å². The lowest BCUT2D eigenvalue weighted by atomic mass is 9.98. The minimum absolute atomic E-state index is 0.00717. The van der Waals surface area contributed by atoms with Crippen LogP contribution in [0.3, 0.4) is 0 Å². The molecule has 1 heterocycles. The van der Waals surface area contributed by atoms with Crippen LogP contribution >= 0.6 is 0 Å². The molecule has 0 unspecified atom stereocenters. The van der Waals surface area contributed by atoms with Gasteiger partial charge in [-0.1, -0.05) is 165 Å².